The maximum absolute atomic E-state index is 11.8. The lowest BCUT2D eigenvalue weighted by Gasteiger charge is -2.40. The third kappa shape index (κ3) is 5.16. The molecule has 1 aromatic rings. The number of carbonyl (C=O) groups is 1. The van der Waals surface area contributed by atoms with Gasteiger partial charge in [-0.1, -0.05) is 20.8 Å². The highest BCUT2D eigenvalue weighted by Crippen LogP contribution is 2.38. The fourth-order valence-corrected chi connectivity index (χ4v) is 3.75. The Morgan fingerprint density at radius 3 is 2.54 bits per heavy atom. The van der Waals surface area contributed by atoms with Gasteiger partial charge in [0.2, 0.25) is 0 Å². The van der Waals surface area contributed by atoms with Crippen molar-refractivity contribution in [3.63, 3.8) is 0 Å². The maximum Gasteiger partial charge on any atom is 0.358 e. The molecule has 7 heteroatoms. The van der Waals surface area contributed by atoms with E-state index >= 15 is 0 Å². The van der Waals surface area contributed by atoms with Crippen LogP contribution in [0.15, 0.2) is 12.5 Å². The highest BCUT2D eigenvalue weighted by atomic mass is 28.4. The van der Waals surface area contributed by atoms with Crippen LogP contribution in [0.1, 0.15) is 57.6 Å². The average molecular weight is 357 g/mol. The smallest absolute Gasteiger partial charge is 0.358 e. The number of esters is 1. The number of nitrogens with zero attached hydrogens (tertiary/aromatic N) is 2. The molecule has 0 amide bonds. The quantitative estimate of drug-likeness (QED) is 0.571. The van der Waals surface area contributed by atoms with Crippen LogP contribution in [-0.4, -0.2) is 48.3 Å². The molecule has 0 aliphatic carbocycles. The highest BCUT2D eigenvalue weighted by molar-refractivity contribution is 6.74. The van der Waals surface area contributed by atoms with Gasteiger partial charge in [0.1, 0.15) is 0 Å². The van der Waals surface area contributed by atoms with Crippen molar-refractivity contribution in [3.8, 4) is 0 Å². The molecule has 0 saturated heterocycles. The van der Waals surface area contributed by atoms with E-state index in [0.29, 0.717) is 13.0 Å². The van der Waals surface area contributed by atoms with E-state index in [1.54, 1.807) is 19.4 Å². The van der Waals surface area contributed by atoms with Crippen LogP contribution < -0.4 is 0 Å². The first-order valence-electron chi connectivity index (χ1n) is 8.52. The summed E-state index contributed by atoms with van der Waals surface area (Å²) in [5.41, 5.74) is 0.277. The first kappa shape index (κ1) is 20.9. The number of aromatic nitrogens is 2. The van der Waals surface area contributed by atoms with Crippen molar-refractivity contribution in [1.82, 2.24) is 9.55 Å². The molecule has 0 fully saturated rings. The summed E-state index contributed by atoms with van der Waals surface area (Å²) in [7, 11) is -1.93. The number of aliphatic hydroxyl groups is 1. The zero-order valence-corrected chi connectivity index (χ0v) is 17.0. The van der Waals surface area contributed by atoms with E-state index in [4.69, 9.17) is 9.16 Å². The molecular weight excluding hydrogens is 324 g/mol. The number of hydrogen-bond acceptors (Lipinski definition) is 5. The molecule has 0 spiro atoms. The molecule has 1 rings (SSSR count). The van der Waals surface area contributed by atoms with Crippen molar-refractivity contribution < 1.29 is 19.1 Å². The number of aliphatic hydroxyl groups excluding tert-OH is 1. The van der Waals surface area contributed by atoms with Gasteiger partial charge < -0.3 is 18.8 Å². The molecule has 0 unspecified atom stereocenters. The van der Waals surface area contributed by atoms with Gasteiger partial charge in [-0.25, -0.2) is 9.78 Å². The molecule has 138 valence electrons. The zero-order valence-electron chi connectivity index (χ0n) is 16.0. The number of hydrogen-bond donors (Lipinski definition) is 1. The Morgan fingerprint density at radius 1 is 1.42 bits per heavy atom. The predicted molar refractivity (Wildman–Crippen MR) is 96.7 cm³/mol. The first-order valence-corrected chi connectivity index (χ1v) is 11.4. The molecule has 0 saturated carbocycles. The molecule has 0 radical (unpaired) electrons. The normalized spacial score (nSPS) is 15.2. The highest BCUT2D eigenvalue weighted by Gasteiger charge is 2.39. The lowest BCUT2D eigenvalue weighted by atomic mass is 10.1. The van der Waals surface area contributed by atoms with Crippen LogP contribution in [0.25, 0.3) is 0 Å². The standard InChI is InChI=1S/C17H32N2O4Si/c1-8-22-16(21)14-11-19(12-18-14)15(9-10-20)13(2)23-24(6,7)17(3,4)5/h11-13,15,20H,8-10H2,1-7H3/t13-,15+/m0/s1. The van der Waals surface area contributed by atoms with Crippen LogP contribution in [0, 0.1) is 0 Å². The SMILES string of the molecule is CCOC(=O)c1cn([C@H](CCO)[C@H](C)O[Si](C)(C)C(C)(C)C)cn1. The van der Waals surface area contributed by atoms with Crippen molar-refractivity contribution in [3.05, 3.63) is 18.2 Å². The van der Waals surface area contributed by atoms with Gasteiger partial charge in [0.15, 0.2) is 14.0 Å². The average Bonchev–Trinajstić information content (AvgIpc) is 2.92. The molecule has 1 heterocycles. The van der Waals surface area contributed by atoms with Crippen LogP contribution in [0.3, 0.4) is 0 Å². The molecule has 6 nitrogen and oxygen atoms in total. The molecule has 2 atom stereocenters. The minimum Gasteiger partial charge on any atom is -0.461 e. The third-order valence-electron chi connectivity index (χ3n) is 4.72. The summed E-state index contributed by atoms with van der Waals surface area (Å²) in [5.74, 6) is -0.433. The monoisotopic (exact) mass is 356 g/mol. The Balaban J connectivity index is 2.96. The Labute approximate surface area is 146 Å². The molecule has 0 bridgehead atoms. The molecule has 0 aromatic carbocycles. The number of rotatable bonds is 8. The predicted octanol–water partition coefficient (Wildman–Crippen LogP) is 3.39. The molecule has 1 aromatic heterocycles. The second-order valence-electron chi connectivity index (χ2n) is 7.59. The van der Waals surface area contributed by atoms with Gasteiger partial charge in [0.05, 0.1) is 25.1 Å². The summed E-state index contributed by atoms with van der Waals surface area (Å²) in [6, 6.07) is -0.0835. The second-order valence-corrected chi connectivity index (χ2v) is 12.3. The Morgan fingerprint density at radius 2 is 2.04 bits per heavy atom. The lowest BCUT2D eigenvalue weighted by molar-refractivity contribution is 0.0519. The third-order valence-corrected chi connectivity index (χ3v) is 9.30. The van der Waals surface area contributed by atoms with Gasteiger partial charge in [0.25, 0.3) is 0 Å². The minimum atomic E-state index is -1.93. The van der Waals surface area contributed by atoms with E-state index in [9.17, 15) is 9.90 Å². The summed E-state index contributed by atoms with van der Waals surface area (Å²) in [6.45, 7) is 15.1. The Hall–Kier alpha value is -1.18. The van der Waals surface area contributed by atoms with Crippen LogP contribution >= 0.6 is 0 Å². The molecule has 1 N–H and O–H groups in total. The van der Waals surface area contributed by atoms with E-state index < -0.39 is 14.3 Å². The lowest BCUT2D eigenvalue weighted by Crippen LogP contribution is -2.45. The minimum absolute atomic E-state index is 0.0444. The van der Waals surface area contributed by atoms with E-state index in [-0.39, 0.29) is 29.5 Å². The molecule has 0 aliphatic heterocycles. The Bertz CT molecular complexity index is 537. The zero-order chi connectivity index (χ0) is 18.5. The first-order chi connectivity index (χ1) is 11.0. The Kier molecular flexibility index (Phi) is 7.19. The van der Waals surface area contributed by atoms with Gasteiger partial charge in [-0.2, -0.15) is 0 Å². The summed E-state index contributed by atoms with van der Waals surface area (Å²) in [4.78, 5) is 15.9. The largest absolute Gasteiger partial charge is 0.461 e. The van der Waals surface area contributed by atoms with Crippen LogP contribution in [0.2, 0.25) is 18.1 Å². The van der Waals surface area contributed by atoms with E-state index in [0.717, 1.165) is 0 Å². The van der Waals surface area contributed by atoms with E-state index in [2.05, 4.69) is 38.8 Å². The van der Waals surface area contributed by atoms with Gasteiger partial charge >= 0.3 is 5.97 Å². The fraction of sp³-hybridized carbons (Fsp3) is 0.765. The van der Waals surface area contributed by atoms with Gasteiger partial charge in [0, 0.05) is 12.8 Å². The maximum atomic E-state index is 11.8. The van der Waals surface area contributed by atoms with Crippen LogP contribution in [0.4, 0.5) is 0 Å². The number of imidazole rings is 1. The van der Waals surface area contributed by atoms with Crippen LogP contribution in [0.5, 0.6) is 0 Å². The van der Waals surface area contributed by atoms with Crippen molar-refractivity contribution in [2.45, 2.75) is 71.3 Å². The molecule has 24 heavy (non-hydrogen) atoms. The summed E-state index contributed by atoms with van der Waals surface area (Å²) >= 11 is 0. The van der Waals surface area contributed by atoms with Gasteiger partial charge in [-0.3, -0.25) is 0 Å². The summed E-state index contributed by atoms with van der Waals surface area (Å²) < 4.78 is 13.3. The van der Waals surface area contributed by atoms with Crippen molar-refractivity contribution in [2.24, 2.45) is 0 Å². The van der Waals surface area contributed by atoms with Crippen molar-refractivity contribution in [2.75, 3.05) is 13.2 Å². The van der Waals surface area contributed by atoms with Crippen LogP contribution in [-0.2, 0) is 9.16 Å². The summed E-state index contributed by atoms with van der Waals surface area (Å²) in [5, 5.41) is 9.54. The second kappa shape index (κ2) is 8.27. The van der Waals surface area contributed by atoms with E-state index in [1.807, 2.05) is 11.5 Å². The fourth-order valence-electron chi connectivity index (χ4n) is 2.31. The van der Waals surface area contributed by atoms with Crippen molar-refractivity contribution in [1.29, 1.82) is 0 Å². The van der Waals surface area contributed by atoms with Gasteiger partial charge in [-0.15, -0.1) is 0 Å². The summed E-state index contributed by atoms with van der Waals surface area (Å²) in [6.07, 6.45) is 3.72. The molecular formula is C17H32N2O4Si. The number of ether oxygens (including phenoxy) is 1. The molecule has 0 aliphatic rings. The van der Waals surface area contributed by atoms with Crippen molar-refractivity contribution >= 4 is 14.3 Å². The van der Waals surface area contributed by atoms with Gasteiger partial charge in [-0.05, 0) is 38.4 Å². The number of carbonyl (C=O) groups excluding carboxylic acids is 1. The topological polar surface area (TPSA) is 73.6 Å². The van der Waals surface area contributed by atoms with E-state index in [1.165, 1.54) is 0 Å².